The molecule has 0 bridgehead atoms. The molecule has 1 aromatic heterocycles. The van der Waals surface area contributed by atoms with Crippen LogP contribution in [0.5, 0.6) is 11.5 Å². The number of methoxy groups -OCH3 is 1. The van der Waals surface area contributed by atoms with Crippen LogP contribution in [0.1, 0.15) is 13.8 Å². The molecule has 0 radical (unpaired) electrons. The van der Waals surface area contributed by atoms with Crippen molar-refractivity contribution in [3.63, 3.8) is 0 Å². The van der Waals surface area contributed by atoms with Gasteiger partial charge in [-0.1, -0.05) is 25.6 Å². The molecule has 0 saturated heterocycles. The lowest BCUT2D eigenvalue weighted by molar-refractivity contribution is -0.387. The highest BCUT2D eigenvalue weighted by Gasteiger charge is 2.33. The molecule has 152 valence electrons. The molecule has 9 heteroatoms. The van der Waals surface area contributed by atoms with E-state index in [4.69, 9.17) is 9.84 Å². The number of rotatable bonds is 7. The molecule has 4 rings (SSSR count). The number of aromatic hydroxyl groups is 1. The highest BCUT2D eigenvalue weighted by Crippen LogP contribution is 2.56. The Labute approximate surface area is 172 Å². The Morgan fingerprint density at radius 1 is 1.24 bits per heavy atom. The van der Waals surface area contributed by atoms with Crippen molar-refractivity contribution in [3.05, 3.63) is 34.4 Å². The van der Waals surface area contributed by atoms with E-state index in [1.54, 1.807) is 25.3 Å². The molecule has 0 saturated carbocycles. The van der Waals surface area contributed by atoms with Gasteiger partial charge in [-0.15, -0.1) is 0 Å². The molecule has 0 fully saturated rings. The lowest BCUT2D eigenvalue weighted by atomic mass is 10.0. The minimum atomic E-state index is -0.376. The average Bonchev–Trinajstić information content (AvgIpc) is 3.08. The van der Waals surface area contributed by atoms with Gasteiger partial charge in [-0.25, -0.2) is 0 Å². The van der Waals surface area contributed by atoms with E-state index in [2.05, 4.69) is 18.7 Å². The standard InChI is InChI=1S/C20H22N4O4S/c1-4-22(5-2)10-11-23-12-6-7-13(24(26)27)19-16(12)18(21-23)17-14(25)8-9-15(28-3)20(17)29-19/h6-9,25H,4-5,10-11H2,1-3H3. The molecule has 0 spiro atoms. The van der Waals surface area contributed by atoms with E-state index in [1.807, 2.05) is 4.68 Å². The summed E-state index contributed by atoms with van der Waals surface area (Å²) in [6.07, 6.45) is 0. The maximum atomic E-state index is 11.7. The third-order valence-electron chi connectivity index (χ3n) is 5.33. The van der Waals surface area contributed by atoms with E-state index in [9.17, 15) is 15.2 Å². The van der Waals surface area contributed by atoms with Crippen LogP contribution < -0.4 is 4.74 Å². The normalized spacial score (nSPS) is 12.4. The summed E-state index contributed by atoms with van der Waals surface area (Å²) in [6.45, 7) is 7.58. The fourth-order valence-corrected chi connectivity index (χ4v) is 5.05. The Morgan fingerprint density at radius 3 is 2.66 bits per heavy atom. The van der Waals surface area contributed by atoms with E-state index >= 15 is 0 Å². The van der Waals surface area contributed by atoms with Crippen LogP contribution in [0.2, 0.25) is 0 Å². The van der Waals surface area contributed by atoms with Crippen molar-refractivity contribution in [1.82, 2.24) is 14.7 Å². The average molecular weight is 414 g/mol. The van der Waals surface area contributed by atoms with Gasteiger partial charge in [0.25, 0.3) is 5.69 Å². The largest absolute Gasteiger partial charge is 0.507 e. The van der Waals surface area contributed by atoms with Gasteiger partial charge in [0.2, 0.25) is 0 Å². The predicted molar refractivity (Wildman–Crippen MR) is 112 cm³/mol. The number of hydrogen-bond acceptors (Lipinski definition) is 7. The molecule has 1 aliphatic rings. The molecular weight excluding hydrogens is 392 g/mol. The van der Waals surface area contributed by atoms with Gasteiger partial charge in [-0.3, -0.25) is 14.8 Å². The van der Waals surface area contributed by atoms with Gasteiger partial charge in [0.05, 0.1) is 34.6 Å². The van der Waals surface area contributed by atoms with Gasteiger partial charge in [0.15, 0.2) is 0 Å². The Morgan fingerprint density at radius 2 is 2.00 bits per heavy atom. The number of phenols is 1. The first-order valence-corrected chi connectivity index (χ1v) is 10.3. The zero-order chi connectivity index (χ0) is 20.7. The summed E-state index contributed by atoms with van der Waals surface area (Å²) in [5.74, 6) is 0.637. The molecule has 0 aliphatic carbocycles. The number of nitro groups is 1. The van der Waals surface area contributed by atoms with Crippen LogP contribution in [-0.4, -0.2) is 51.5 Å². The second-order valence-corrected chi connectivity index (χ2v) is 7.78. The van der Waals surface area contributed by atoms with Crippen LogP contribution >= 0.6 is 11.8 Å². The molecule has 0 unspecified atom stereocenters. The fourth-order valence-electron chi connectivity index (χ4n) is 3.74. The monoisotopic (exact) mass is 414 g/mol. The van der Waals surface area contributed by atoms with Crippen molar-refractivity contribution in [1.29, 1.82) is 0 Å². The summed E-state index contributed by atoms with van der Waals surface area (Å²) < 4.78 is 7.33. The summed E-state index contributed by atoms with van der Waals surface area (Å²) in [5, 5.41) is 27.7. The van der Waals surface area contributed by atoms with Crippen molar-refractivity contribution in [3.8, 4) is 22.8 Å². The second kappa shape index (κ2) is 7.57. The molecule has 2 aromatic carbocycles. The number of nitro benzene ring substituents is 1. The second-order valence-electron chi connectivity index (χ2n) is 6.76. The minimum absolute atomic E-state index is 0.0306. The molecule has 1 aliphatic heterocycles. The molecule has 2 heterocycles. The SMILES string of the molecule is CCN(CC)CCn1nc2c3c(c([N+](=O)[O-])ccc31)Sc1c(OC)ccc(O)c1-2. The van der Waals surface area contributed by atoms with Gasteiger partial charge in [-0.05, 0) is 31.3 Å². The first kappa shape index (κ1) is 19.5. The molecule has 29 heavy (non-hydrogen) atoms. The molecule has 0 amide bonds. The maximum absolute atomic E-state index is 11.7. The Kier molecular flexibility index (Phi) is 5.10. The van der Waals surface area contributed by atoms with Crippen LogP contribution in [0.4, 0.5) is 5.69 Å². The zero-order valence-electron chi connectivity index (χ0n) is 16.5. The number of benzene rings is 2. The fraction of sp³-hybridized carbons (Fsp3) is 0.350. The first-order chi connectivity index (χ1) is 14.0. The summed E-state index contributed by atoms with van der Waals surface area (Å²) >= 11 is 1.25. The number of fused-ring (bicyclic) bond motifs is 2. The van der Waals surface area contributed by atoms with E-state index in [0.29, 0.717) is 38.7 Å². The van der Waals surface area contributed by atoms with E-state index in [0.717, 1.165) is 25.2 Å². The van der Waals surface area contributed by atoms with Crippen molar-refractivity contribution in [2.24, 2.45) is 0 Å². The highest BCUT2D eigenvalue weighted by atomic mass is 32.2. The lowest BCUT2D eigenvalue weighted by Gasteiger charge is -2.18. The molecule has 3 aromatic rings. The van der Waals surface area contributed by atoms with E-state index in [1.165, 1.54) is 17.8 Å². The number of likely N-dealkylation sites (N-methyl/N-ethyl adjacent to an activating group) is 1. The van der Waals surface area contributed by atoms with E-state index in [-0.39, 0.29) is 16.4 Å². The van der Waals surface area contributed by atoms with E-state index < -0.39 is 0 Å². The predicted octanol–water partition coefficient (Wildman–Crippen LogP) is 4.13. The number of nitrogens with zero attached hydrogens (tertiary/aromatic N) is 4. The number of hydrogen-bond donors (Lipinski definition) is 1. The van der Waals surface area contributed by atoms with Crippen LogP contribution in [-0.2, 0) is 6.54 Å². The van der Waals surface area contributed by atoms with Crippen LogP contribution in [0.3, 0.4) is 0 Å². The summed E-state index contributed by atoms with van der Waals surface area (Å²) in [7, 11) is 1.54. The van der Waals surface area contributed by atoms with Gasteiger partial charge in [0, 0.05) is 18.0 Å². The Balaban J connectivity index is 1.95. The minimum Gasteiger partial charge on any atom is -0.507 e. The molecular formula is C20H22N4O4S. The molecule has 1 N–H and O–H groups in total. The van der Waals surface area contributed by atoms with Crippen LogP contribution in [0.15, 0.2) is 34.1 Å². The van der Waals surface area contributed by atoms with Crippen molar-refractivity contribution in [2.45, 2.75) is 30.2 Å². The summed E-state index contributed by atoms with van der Waals surface area (Å²) in [4.78, 5) is 14.8. The zero-order valence-corrected chi connectivity index (χ0v) is 17.3. The summed E-state index contributed by atoms with van der Waals surface area (Å²) in [6, 6.07) is 6.51. The van der Waals surface area contributed by atoms with Crippen molar-refractivity contribution < 1.29 is 14.8 Å². The van der Waals surface area contributed by atoms with Crippen LogP contribution in [0, 0.1) is 10.1 Å². The van der Waals surface area contributed by atoms with Gasteiger partial charge in [0.1, 0.15) is 22.1 Å². The quantitative estimate of drug-likeness (QED) is 0.359. The van der Waals surface area contributed by atoms with Crippen molar-refractivity contribution in [2.75, 3.05) is 26.7 Å². The highest BCUT2D eigenvalue weighted by molar-refractivity contribution is 8.00. The summed E-state index contributed by atoms with van der Waals surface area (Å²) in [5.41, 5.74) is 1.98. The van der Waals surface area contributed by atoms with Gasteiger partial charge in [-0.2, -0.15) is 5.10 Å². The van der Waals surface area contributed by atoms with Crippen LogP contribution in [0.25, 0.3) is 22.2 Å². The third kappa shape index (κ3) is 3.10. The van der Waals surface area contributed by atoms with Crippen molar-refractivity contribution >= 4 is 28.4 Å². The molecule has 8 nitrogen and oxygen atoms in total. The van der Waals surface area contributed by atoms with Gasteiger partial charge >= 0.3 is 0 Å². The Hall–Kier alpha value is -2.78. The smallest absolute Gasteiger partial charge is 0.284 e. The third-order valence-corrected chi connectivity index (χ3v) is 6.56. The molecule has 0 atom stereocenters. The lowest BCUT2D eigenvalue weighted by Crippen LogP contribution is -2.27. The number of ether oxygens (including phenoxy) is 1. The first-order valence-electron chi connectivity index (χ1n) is 9.48. The number of aromatic nitrogens is 2. The van der Waals surface area contributed by atoms with Gasteiger partial charge < -0.3 is 14.7 Å². The maximum Gasteiger partial charge on any atom is 0.284 e. The topological polar surface area (TPSA) is 93.7 Å². The number of phenolic OH excluding ortho intramolecular Hbond substituents is 1. The Bertz CT molecular complexity index is 1110.